The predicted molar refractivity (Wildman–Crippen MR) is 106 cm³/mol. The number of hydrogen-bond acceptors (Lipinski definition) is 3. The lowest BCUT2D eigenvalue weighted by molar-refractivity contribution is -0.121. The van der Waals surface area contributed by atoms with Crippen LogP contribution in [-0.2, 0) is 21.4 Å². The summed E-state index contributed by atoms with van der Waals surface area (Å²) >= 11 is 0. The molecule has 0 aliphatic rings. The quantitative estimate of drug-likeness (QED) is 0.810. The zero-order chi connectivity index (χ0) is 19.3. The molecule has 0 aliphatic carbocycles. The maximum Gasteiger partial charge on any atom is 0.232 e. The molecule has 1 N–H and O–H groups in total. The number of hydrogen-bond donors (Lipinski definition) is 1. The fourth-order valence-electron chi connectivity index (χ4n) is 2.94. The second-order valence-electron chi connectivity index (χ2n) is 6.53. The topological polar surface area (TPSA) is 66.5 Å². The molecule has 0 saturated carbocycles. The number of nitrogens with zero attached hydrogens (tertiary/aromatic N) is 1. The highest BCUT2D eigenvalue weighted by atomic mass is 32.2. The zero-order valence-corrected chi connectivity index (χ0v) is 16.6. The zero-order valence-electron chi connectivity index (χ0n) is 15.7. The van der Waals surface area contributed by atoms with Gasteiger partial charge in [0, 0.05) is 19.5 Å². The van der Waals surface area contributed by atoms with Gasteiger partial charge in [-0.25, -0.2) is 8.42 Å². The molecule has 0 fully saturated rings. The Morgan fingerprint density at radius 3 is 2.12 bits per heavy atom. The highest BCUT2D eigenvalue weighted by Crippen LogP contribution is 2.26. The lowest BCUT2D eigenvalue weighted by Gasteiger charge is -2.25. The van der Waals surface area contributed by atoms with Gasteiger partial charge in [-0.3, -0.25) is 9.10 Å². The normalized spacial score (nSPS) is 11.2. The third-order valence-electron chi connectivity index (χ3n) is 4.37. The van der Waals surface area contributed by atoms with Crippen molar-refractivity contribution in [2.75, 3.05) is 17.1 Å². The van der Waals surface area contributed by atoms with Crippen molar-refractivity contribution >= 4 is 21.6 Å². The smallest absolute Gasteiger partial charge is 0.232 e. The fourth-order valence-corrected chi connectivity index (χ4v) is 3.98. The van der Waals surface area contributed by atoms with E-state index in [1.54, 1.807) is 0 Å². The first-order valence-corrected chi connectivity index (χ1v) is 10.4. The van der Waals surface area contributed by atoms with Crippen molar-refractivity contribution in [3.05, 3.63) is 64.7 Å². The molecule has 0 bridgehead atoms. The van der Waals surface area contributed by atoms with Crippen LogP contribution in [0.3, 0.4) is 0 Å². The number of carbonyl (C=O) groups is 1. The van der Waals surface area contributed by atoms with Crippen LogP contribution >= 0.6 is 0 Å². The molecule has 0 heterocycles. The van der Waals surface area contributed by atoms with Crippen LogP contribution in [0, 0.1) is 20.8 Å². The number of nitrogens with one attached hydrogen (secondary N) is 1. The SMILES string of the molecule is Cc1ccccc1CNC(=O)CCN(c1c(C)cccc1C)S(C)(=O)=O. The molecular formula is C20H26N2O3S. The van der Waals surface area contributed by atoms with Gasteiger partial charge in [0.25, 0.3) is 0 Å². The summed E-state index contributed by atoms with van der Waals surface area (Å²) in [6.45, 7) is 6.29. The summed E-state index contributed by atoms with van der Waals surface area (Å²) in [5.41, 5.74) is 4.56. The van der Waals surface area contributed by atoms with Gasteiger partial charge in [0.05, 0.1) is 11.9 Å². The number of benzene rings is 2. The minimum Gasteiger partial charge on any atom is -0.352 e. The van der Waals surface area contributed by atoms with E-state index in [1.807, 2.05) is 63.2 Å². The van der Waals surface area contributed by atoms with E-state index in [9.17, 15) is 13.2 Å². The van der Waals surface area contributed by atoms with E-state index in [0.717, 1.165) is 22.3 Å². The average Bonchev–Trinajstić information content (AvgIpc) is 2.55. The molecule has 2 rings (SSSR count). The summed E-state index contributed by atoms with van der Waals surface area (Å²) in [5, 5.41) is 2.87. The third kappa shape index (κ3) is 5.08. The Kier molecular flexibility index (Phi) is 6.42. The molecule has 140 valence electrons. The molecule has 0 atom stereocenters. The Morgan fingerprint density at radius 1 is 0.962 bits per heavy atom. The van der Waals surface area contributed by atoms with Gasteiger partial charge in [0.2, 0.25) is 15.9 Å². The minimum absolute atomic E-state index is 0.104. The Morgan fingerprint density at radius 2 is 1.54 bits per heavy atom. The van der Waals surface area contributed by atoms with E-state index in [2.05, 4.69) is 5.32 Å². The lowest BCUT2D eigenvalue weighted by atomic mass is 10.1. The van der Waals surface area contributed by atoms with Crippen LogP contribution in [0.2, 0.25) is 0 Å². The van der Waals surface area contributed by atoms with Crippen molar-refractivity contribution in [2.45, 2.75) is 33.7 Å². The second-order valence-corrected chi connectivity index (χ2v) is 8.44. The maximum atomic E-state index is 12.3. The van der Waals surface area contributed by atoms with Gasteiger partial charge in [0.1, 0.15) is 0 Å². The molecule has 0 unspecified atom stereocenters. The number of anilines is 1. The summed E-state index contributed by atoms with van der Waals surface area (Å²) in [6, 6.07) is 13.5. The van der Waals surface area contributed by atoms with Crippen LogP contribution in [0.1, 0.15) is 28.7 Å². The van der Waals surface area contributed by atoms with Crippen molar-refractivity contribution in [3.8, 4) is 0 Å². The number of para-hydroxylation sites is 1. The molecule has 0 saturated heterocycles. The Bertz CT molecular complexity index is 871. The molecule has 0 spiro atoms. The molecular weight excluding hydrogens is 348 g/mol. The third-order valence-corrected chi connectivity index (χ3v) is 5.53. The molecule has 0 aromatic heterocycles. The van der Waals surface area contributed by atoms with Crippen LogP contribution in [0.5, 0.6) is 0 Å². The van der Waals surface area contributed by atoms with Crippen LogP contribution in [0.4, 0.5) is 5.69 Å². The van der Waals surface area contributed by atoms with Gasteiger partial charge in [-0.05, 0) is 43.0 Å². The number of carbonyl (C=O) groups excluding carboxylic acids is 1. The van der Waals surface area contributed by atoms with Crippen LogP contribution in [0.15, 0.2) is 42.5 Å². The van der Waals surface area contributed by atoms with Gasteiger partial charge in [-0.1, -0.05) is 42.5 Å². The molecule has 2 aromatic carbocycles. The van der Waals surface area contributed by atoms with E-state index in [0.29, 0.717) is 12.2 Å². The van der Waals surface area contributed by atoms with Crippen molar-refractivity contribution in [3.63, 3.8) is 0 Å². The molecule has 2 aromatic rings. The Labute approximate surface area is 156 Å². The Balaban J connectivity index is 2.06. The molecule has 5 nitrogen and oxygen atoms in total. The Hall–Kier alpha value is -2.34. The molecule has 0 aliphatic heterocycles. The monoisotopic (exact) mass is 374 g/mol. The standard InChI is InChI=1S/C20H26N2O3S/c1-15-8-5-6-11-18(15)14-21-19(23)12-13-22(26(4,24)25)20-16(2)9-7-10-17(20)3/h5-11H,12-14H2,1-4H3,(H,21,23). The first kappa shape index (κ1) is 20.0. The lowest BCUT2D eigenvalue weighted by Crippen LogP contribution is -2.35. The number of aryl methyl sites for hydroxylation is 3. The highest BCUT2D eigenvalue weighted by molar-refractivity contribution is 7.92. The molecule has 6 heteroatoms. The van der Waals surface area contributed by atoms with Crippen LogP contribution < -0.4 is 9.62 Å². The van der Waals surface area contributed by atoms with E-state index < -0.39 is 10.0 Å². The van der Waals surface area contributed by atoms with E-state index in [4.69, 9.17) is 0 Å². The second kappa shape index (κ2) is 8.36. The number of amides is 1. The molecule has 26 heavy (non-hydrogen) atoms. The number of sulfonamides is 1. The van der Waals surface area contributed by atoms with Crippen molar-refractivity contribution < 1.29 is 13.2 Å². The summed E-state index contributed by atoms with van der Waals surface area (Å²) in [7, 11) is -3.48. The molecule has 0 radical (unpaired) electrons. The highest BCUT2D eigenvalue weighted by Gasteiger charge is 2.21. The molecule has 1 amide bonds. The van der Waals surface area contributed by atoms with Crippen LogP contribution in [0.25, 0.3) is 0 Å². The van der Waals surface area contributed by atoms with E-state index >= 15 is 0 Å². The average molecular weight is 375 g/mol. The van der Waals surface area contributed by atoms with Gasteiger partial charge in [0.15, 0.2) is 0 Å². The summed E-state index contributed by atoms with van der Waals surface area (Å²) < 4.78 is 25.9. The van der Waals surface area contributed by atoms with Crippen molar-refractivity contribution in [2.24, 2.45) is 0 Å². The first-order chi connectivity index (χ1) is 12.2. The minimum atomic E-state index is -3.48. The van der Waals surface area contributed by atoms with Gasteiger partial charge in [-0.15, -0.1) is 0 Å². The summed E-state index contributed by atoms with van der Waals surface area (Å²) in [6.07, 6.45) is 1.27. The van der Waals surface area contributed by atoms with Gasteiger partial charge in [-0.2, -0.15) is 0 Å². The summed E-state index contributed by atoms with van der Waals surface area (Å²) in [4.78, 5) is 12.2. The largest absolute Gasteiger partial charge is 0.352 e. The van der Waals surface area contributed by atoms with E-state index in [-0.39, 0.29) is 18.9 Å². The first-order valence-electron chi connectivity index (χ1n) is 8.55. The maximum absolute atomic E-state index is 12.3. The summed E-state index contributed by atoms with van der Waals surface area (Å²) in [5.74, 6) is -0.173. The van der Waals surface area contributed by atoms with E-state index in [1.165, 1.54) is 10.6 Å². The van der Waals surface area contributed by atoms with Gasteiger partial charge >= 0.3 is 0 Å². The number of rotatable bonds is 7. The van der Waals surface area contributed by atoms with Crippen molar-refractivity contribution in [1.82, 2.24) is 5.32 Å². The van der Waals surface area contributed by atoms with Gasteiger partial charge < -0.3 is 5.32 Å². The predicted octanol–water partition coefficient (Wildman–Crippen LogP) is 3.08. The van der Waals surface area contributed by atoms with Crippen LogP contribution in [-0.4, -0.2) is 27.1 Å². The fraction of sp³-hybridized carbons (Fsp3) is 0.350. The van der Waals surface area contributed by atoms with Crippen molar-refractivity contribution in [1.29, 1.82) is 0 Å².